The number of nitro groups is 1. The van der Waals surface area contributed by atoms with Gasteiger partial charge in [-0.25, -0.2) is 5.01 Å². The lowest BCUT2D eigenvalue weighted by Crippen LogP contribution is -2.19. The Morgan fingerprint density at radius 3 is 2.51 bits per heavy atom. The molecule has 0 saturated heterocycles. The summed E-state index contributed by atoms with van der Waals surface area (Å²) in [6.07, 6.45) is 0.472. The number of aromatic nitrogens is 1. The Labute approximate surface area is 202 Å². The molecule has 2 heterocycles. The predicted octanol–water partition coefficient (Wildman–Crippen LogP) is 5.82. The van der Waals surface area contributed by atoms with Crippen molar-refractivity contribution in [1.29, 1.82) is 0 Å². The van der Waals surface area contributed by atoms with Crippen LogP contribution in [0.4, 0.5) is 22.2 Å². The number of nitrogens with one attached hydrogen (secondary N) is 1. The number of aromatic amines is 1. The topological polar surface area (TPSA) is 137 Å². The third kappa shape index (κ3) is 4.44. The molecule has 0 saturated carbocycles. The van der Waals surface area contributed by atoms with Crippen LogP contribution in [0, 0.1) is 10.1 Å². The van der Waals surface area contributed by atoms with Crippen LogP contribution in [0.3, 0.4) is 0 Å². The summed E-state index contributed by atoms with van der Waals surface area (Å²) in [6, 6.07) is 22.1. The lowest BCUT2D eigenvalue weighted by molar-refractivity contribution is -0.384. The van der Waals surface area contributed by atoms with Gasteiger partial charge in [0.15, 0.2) is 16.5 Å². The second kappa shape index (κ2) is 9.31. The highest BCUT2D eigenvalue weighted by Crippen LogP contribution is 2.43. The summed E-state index contributed by atoms with van der Waals surface area (Å²) in [5.41, 5.74) is 2.19. The van der Waals surface area contributed by atoms with Crippen LogP contribution in [-0.2, 0) is 0 Å². The van der Waals surface area contributed by atoms with Crippen molar-refractivity contribution in [3.63, 3.8) is 0 Å². The number of phenols is 1. The van der Waals surface area contributed by atoms with Crippen molar-refractivity contribution in [2.75, 3.05) is 5.01 Å². The van der Waals surface area contributed by atoms with E-state index >= 15 is 0 Å². The minimum Gasteiger partial charge on any atom is -0.508 e. The summed E-state index contributed by atoms with van der Waals surface area (Å²) in [7, 11) is 0. The average Bonchev–Trinajstić information content (AvgIpc) is 3.47. The van der Waals surface area contributed by atoms with E-state index in [1.165, 1.54) is 18.2 Å². The van der Waals surface area contributed by atoms with E-state index in [-0.39, 0.29) is 27.0 Å². The van der Waals surface area contributed by atoms with Crippen molar-refractivity contribution in [2.24, 2.45) is 15.3 Å². The summed E-state index contributed by atoms with van der Waals surface area (Å²) >= 11 is 0.818. The van der Waals surface area contributed by atoms with E-state index in [1.54, 1.807) is 29.3 Å². The molecule has 11 heteroatoms. The van der Waals surface area contributed by atoms with Gasteiger partial charge >= 0.3 is 4.87 Å². The van der Waals surface area contributed by atoms with Gasteiger partial charge in [0.25, 0.3) is 5.69 Å². The number of aromatic hydroxyl groups is 1. The van der Waals surface area contributed by atoms with Crippen LogP contribution in [-0.4, -0.2) is 20.7 Å². The standard InChI is InChI=1S/C24H18N6O4S/c31-21-13-7-4-10-16(21)20-14-18(15-8-2-1-3-9-15)28-29(20)22-23(35-24(32)25-22)27-26-17-11-5-6-12-19(17)30(33)34/h1-13,20,31H,14H2,(H,25,32)/t20-/m0/s1. The first-order valence-corrected chi connectivity index (χ1v) is 11.4. The number of para-hydroxylation sites is 2. The van der Waals surface area contributed by atoms with E-state index in [2.05, 4.69) is 15.2 Å². The SMILES string of the molecule is O=c1[nH]c(N2N=C(c3ccccc3)C[C@H]2c2ccccc2O)c(N=Nc2ccccc2[N+](=O)[O-])s1. The molecule has 1 aromatic heterocycles. The van der Waals surface area contributed by atoms with Crippen LogP contribution in [0.15, 0.2) is 99.0 Å². The van der Waals surface area contributed by atoms with Crippen LogP contribution in [0.25, 0.3) is 0 Å². The molecule has 0 spiro atoms. The largest absolute Gasteiger partial charge is 0.508 e. The highest BCUT2D eigenvalue weighted by atomic mass is 32.1. The van der Waals surface area contributed by atoms with Crippen molar-refractivity contribution in [3.8, 4) is 5.75 Å². The Hall–Kier alpha value is -4.64. The van der Waals surface area contributed by atoms with Gasteiger partial charge in [0.2, 0.25) is 0 Å². The Bertz CT molecular complexity index is 1510. The van der Waals surface area contributed by atoms with Crippen molar-refractivity contribution in [1.82, 2.24) is 4.98 Å². The summed E-state index contributed by atoms with van der Waals surface area (Å²) < 4.78 is 0. The van der Waals surface area contributed by atoms with Crippen molar-refractivity contribution < 1.29 is 10.0 Å². The highest BCUT2D eigenvalue weighted by molar-refractivity contribution is 7.13. The number of hydrazone groups is 1. The van der Waals surface area contributed by atoms with Crippen molar-refractivity contribution in [3.05, 3.63) is 110 Å². The normalized spacial score (nSPS) is 15.5. The first-order chi connectivity index (χ1) is 17.0. The molecular weight excluding hydrogens is 468 g/mol. The molecule has 1 atom stereocenters. The number of hydrogen-bond acceptors (Lipinski definition) is 9. The molecule has 0 radical (unpaired) electrons. The highest BCUT2D eigenvalue weighted by Gasteiger charge is 2.34. The zero-order chi connectivity index (χ0) is 24.4. The third-order valence-electron chi connectivity index (χ3n) is 5.48. The number of anilines is 1. The molecule has 1 aliphatic heterocycles. The Morgan fingerprint density at radius 2 is 1.74 bits per heavy atom. The first-order valence-electron chi connectivity index (χ1n) is 10.6. The van der Waals surface area contributed by atoms with Gasteiger partial charge in [0.1, 0.15) is 5.75 Å². The van der Waals surface area contributed by atoms with E-state index in [4.69, 9.17) is 5.10 Å². The molecule has 0 amide bonds. The molecule has 5 rings (SSSR count). The number of H-pyrrole nitrogens is 1. The molecule has 3 aromatic carbocycles. The minimum atomic E-state index is -0.542. The maximum Gasteiger partial charge on any atom is 0.308 e. The van der Waals surface area contributed by atoms with E-state index < -0.39 is 11.0 Å². The molecule has 4 aromatic rings. The molecule has 0 unspecified atom stereocenters. The number of benzene rings is 3. The number of nitro benzene ring substituents is 1. The molecule has 10 nitrogen and oxygen atoms in total. The average molecular weight is 487 g/mol. The number of thiazole rings is 1. The third-order valence-corrected chi connectivity index (χ3v) is 6.24. The number of hydrogen-bond donors (Lipinski definition) is 2. The van der Waals surface area contributed by atoms with Gasteiger partial charge in [0, 0.05) is 18.1 Å². The van der Waals surface area contributed by atoms with Crippen molar-refractivity contribution >= 4 is 39.2 Å². The molecular formula is C24H18N6O4S. The number of nitrogens with zero attached hydrogens (tertiary/aromatic N) is 5. The minimum absolute atomic E-state index is 0.0662. The molecule has 2 N–H and O–H groups in total. The summed E-state index contributed by atoms with van der Waals surface area (Å²) in [5, 5.41) is 36.7. The van der Waals surface area contributed by atoms with E-state index in [0.29, 0.717) is 17.8 Å². The molecule has 0 fully saturated rings. The van der Waals surface area contributed by atoms with Gasteiger partial charge in [0.05, 0.1) is 16.7 Å². The first kappa shape index (κ1) is 22.2. The Morgan fingerprint density at radius 1 is 1.03 bits per heavy atom. The van der Waals surface area contributed by atoms with Gasteiger partial charge in [-0.1, -0.05) is 72.0 Å². The second-order valence-corrected chi connectivity index (χ2v) is 8.61. The monoisotopic (exact) mass is 486 g/mol. The smallest absolute Gasteiger partial charge is 0.308 e. The van der Waals surface area contributed by atoms with Crippen LogP contribution in [0.5, 0.6) is 5.75 Å². The molecule has 1 aliphatic rings. The maximum absolute atomic E-state index is 12.3. The quantitative estimate of drug-likeness (QED) is 0.201. The van der Waals surface area contributed by atoms with Gasteiger partial charge in [-0.3, -0.25) is 19.9 Å². The fourth-order valence-electron chi connectivity index (χ4n) is 3.87. The van der Waals surface area contributed by atoms with Gasteiger partial charge in [-0.2, -0.15) is 5.10 Å². The van der Waals surface area contributed by atoms with E-state index in [9.17, 15) is 20.0 Å². The fourth-order valence-corrected chi connectivity index (χ4v) is 4.52. The summed E-state index contributed by atoms with van der Waals surface area (Å²) in [5.74, 6) is 0.397. The molecule has 0 bridgehead atoms. The Kier molecular flexibility index (Phi) is 5.90. The lowest BCUT2D eigenvalue weighted by Gasteiger charge is -2.23. The second-order valence-electron chi connectivity index (χ2n) is 7.65. The van der Waals surface area contributed by atoms with E-state index in [0.717, 1.165) is 22.6 Å². The molecule has 35 heavy (non-hydrogen) atoms. The molecule has 174 valence electrons. The van der Waals surface area contributed by atoms with Crippen LogP contribution < -0.4 is 9.88 Å². The summed E-state index contributed by atoms with van der Waals surface area (Å²) in [6.45, 7) is 0. The van der Waals surface area contributed by atoms with Gasteiger partial charge in [-0.05, 0) is 17.7 Å². The van der Waals surface area contributed by atoms with Gasteiger partial charge < -0.3 is 5.11 Å². The van der Waals surface area contributed by atoms with Crippen LogP contribution in [0.2, 0.25) is 0 Å². The van der Waals surface area contributed by atoms with E-state index in [1.807, 2.05) is 36.4 Å². The lowest BCUT2D eigenvalue weighted by atomic mass is 9.98. The fraction of sp³-hybridized carbons (Fsp3) is 0.0833. The summed E-state index contributed by atoms with van der Waals surface area (Å²) in [4.78, 5) is 25.5. The molecule has 0 aliphatic carbocycles. The zero-order valence-electron chi connectivity index (χ0n) is 18.1. The number of rotatable bonds is 6. The predicted molar refractivity (Wildman–Crippen MR) is 133 cm³/mol. The van der Waals surface area contributed by atoms with Crippen molar-refractivity contribution in [2.45, 2.75) is 12.5 Å². The number of azo groups is 1. The maximum atomic E-state index is 12.3. The Balaban J connectivity index is 1.59. The zero-order valence-corrected chi connectivity index (χ0v) is 18.9. The van der Waals surface area contributed by atoms with Crippen LogP contribution in [0.1, 0.15) is 23.6 Å². The number of phenolic OH excluding ortho intramolecular Hbond substituents is 1. The van der Waals surface area contributed by atoms with Gasteiger partial charge in [-0.15, -0.1) is 10.2 Å². The van der Waals surface area contributed by atoms with Crippen LogP contribution >= 0.6 is 11.3 Å².